The van der Waals surface area contributed by atoms with Gasteiger partial charge in [-0.15, -0.1) is 0 Å². The third-order valence-corrected chi connectivity index (χ3v) is 3.61. The zero-order chi connectivity index (χ0) is 11.2. The number of hydrogen-bond acceptors (Lipinski definition) is 3. The zero-order valence-electron chi connectivity index (χ0n) is 9.73. The molecule has 1 aliphatic carbocycles. The molecule has 0 spiro atoms. The predicted molar refractivity (Wildman–Crippen MR) is 65.6 cm³/mol. The zero-order valence-corrected chi connectivity index (χ0v) is 9.73. The molecule has 0 aliphatic heterocycles. The van der Waals surface area contributed by atoms with Crippen molar-refractivity contribution in [3.05, 3.63) is 30.1 Å². The van der Waals surface area contributed by atoms with Gasteiger partial charge in [0, 0.05) is 18.4 Å². The minimum Gasteiger partial charge on any atom is -0.271 e. The van der Waals surface area contributed by atoms with E-state index in [0.717, 1.165) is 18.8 Å². The molecule has 0 saturated heterocycles. The molecule has 1 aliphatic rings. The van der Waals surface area contributed by atoms with E-state index in [0.29, 0.717) is 6.04 Å². The Morgan fingerprint density at radius 1 is 1.38 bits per heavy atom. The largest absolute Gasteiger partial charge is 0.271 e. The summed E-state index contributed by atoms with van der Waals surface area (Å²) in [7, 11) is 0. The molecule has 1 atom stereocenters. The molecule has 3 nitrogen and oxygen atoms in total. The molecular weight excluding hydrogens is 198 g/mol. The van der Waals surface area contributed by atoms with Crippen molar-refractivity contribution >= 4 is 0 Å². The minimum atomic E-state index is 0.471. The predicted octanol–water partition coefficient (Wildman–Crippen LogP) is 2.04. The average molecular weight is 219 g/mol. The number of rotatable bonds is 6. The standard InChI is InChI=1S/C13H21N3/c14-16-13(10-12-2-1-3-12)5-4-11-6-8-15-9-7-11/h6-9,12-13,16H,1-5,10,14H2. The molecule has 0 amide bonds. The Labute approximate surface area is 97.4 Å². The molecule has 3 N–H and O–H groups in total. The van der Waals surface area contributed by atoms with Crippen LogP contribution in [0.1, 0.15) is 37.7 Å². The highest BCUT2D eigenvalue weighted by Gasteiger charge is 2.21. The second kappa shape index (κ2) is 5.97. The molecule has 0 aromatic carbocycles. The van der Waals surface area contributed by atoms with Gasteiger partial charge in [0.25, 0.3) is 0 Å². The number of hydrogen-bond donors (Lipinski definition) is 2. The van der Waals surface area contributed by atoms with E-state index in [1.165, 1.54) is 31.2 Å². The average Bonchev–Trinajstić information content (AvgIpc) is 2.28. The minimum absolute atomic E-state index is 0.471. The highest BCUT2D eigenvalue weighted by molar-refractivity contribution is 5.09. The SMILES string of the molecule is NNC(CCc1ccncc1)CC1CCC1. The fourth-order valence-corrected chi connectivity index (χ4v) is 2.29. The van der Waals surface area contributed by atoms with Crippen molar-refractivity contribution in [3.63, 3.8) is 0 Å². The van der Waals surface area contributed by atoms with Crippen molar-refractivity contribution in [1.29, 1.82) is 0 Å². The lowest BCUT2D eigenvalue weighted by molar-refractivity contribution is 0.255. The van der Waals surface area contributed by atoms with Gasteiger partial charge in [-0.25, -0.2) is 0 Å². The van der Waals surface area contributed by atoms with Gasteiger partial charge in [-0.1, -0.05) is 19.3 Å². The lowest BCUT2D eigenvalue weighted by Crippen LogP contribution is -2.38. The number of aromatic nitrogens is 1. The summed E-state index contributed by atoms with van der Waals surface area (Å²) in [5.41, 5.74) is 4.31. The monoisotopic (exact) mass is 219 g/mol. The van der Waals surface area contributed by atoms with Crippen LogP contribution in [-0.2, 0) is 6.42 Å². The first kappa shape index (κ1) is 11.6. The highest BCUT2D eigenvalue weighted by Crippen LogP contribution is 2.31. The van der Waals surface area contributed by atoms with Crippen LogP contribution in [0.25, 0.3) is 0 Å². The number of nitrogens with zero attached hydrogens (tertiary/aromatic N) is 1. The molecule has 0 bridgehead atoms. The van der Waals surface area contributed by atoms with E-state index >= 15 is 0 Å². The first-order chi connectivity index (χ1) is 7.88. The highest BCUT2D eigenvalue weighted by atomic mass is 15.2. The molecule has 1 saturated carbocycles. The van der Waals surface area contributed by atoms with E-state index in [9.17, 15) is 0 Å². The molecule has 16 heavy (non-hydrogen) atoms. The van der Waals surface area contributed by atoms with E-state index < -0.39 is 0 Å². The Balaban J connectivity index is 1.73. The summed E-state index contributed by atoms with van der Waals surface area (Å²) in [4.78, 5) is 4.02. The number of nitrogens with one attached hydrogen (secondary N) is 1. The topological polar surface area (TPSA) is 50.9 Å². The van der Waals surface area contributed by atoms with Crippen molar-refractivity contribution in [2.75, 3.05) is 0 Å². The molecule has 1 heterocycles. The van der Waals surface area contributed by atoms with Crippen molar-refractivity contribution in [2.45, 2.75) is 44.6 Å². The lowest BCUT2D eigenvalue weighted by Gasteiger charge is -2.29. The lowest BCUT2D eigenvalue weighted by atomic mass is 9.80. The molecule has 1 aromatic heterocycles. The van der Waals surface area contributed by atoms with Crippen LogP contribution in [0.2, 0.25) is 0 Å². The fourth-order valence-electron chi connectivity index (χ4n) is 2.29. The Morgan fingerprint density at radius 3 is 2.69 bits per heavy atom. The molecule has 2 rings (SSSR count). The molecule has 88 valence electrons. The first-order valence-electron chi connectivity index (χ1n) is 6.23. The maximum Gasteiger partial charge on any atom is 0.0270 e. The van der Waals surface area contributed by atoms with Gasteiger partial charge in [0.1, 0.15) is 0 Å². The van der Waals surface area contributed by atoms with Gasteiger partial charge in [0.2, 0.25) is 0 Å². The van der Waals surface area contributed by atoms with Crippen molar-refractivity contribution in [2.24, 2.45) is 11.8 Å². The summed E-state index contributed by atoms with van der Waals surface area (Å²) in [6, 6.07) is 4.63. The molecule has 3 heteroatoms. The van der Waals surface area contributed by atoms with E-state index in [4.69, 9.17) is 5.84 Å². The van der Waals surface area contributed by atoms with Gasteiger partial charge < -0.3 is 0 Å². The Kier molecular flexibility index (Phi) is 4.31. The van der Waals surface area contributed by atoms with Crippen molar-refractivity contribution < 1.29 is 0 Å². The van der Waals surface area contributed by atoms with Crippen LogP contribution in [0, 0.1) is 5.92 Å². The number of hydrazine groups is 1. The van der Waals surface area contributed by atoms with Gasteiger partial charge in [-0.2, -0.15) is 0 Å². The normalized spacial score (nSPS) is 18.1. The smallest absolute Gasteiger partial charge is 0.0270 e. The summed E-state index contributed by atoms with van der Waals surface area (Å²) in [6.07, 6.45) is 11.4. The van der Waals surface area contributed by atoms with Crippen LogP contribution >= 0.6 is 0 Å². The van der Waals surface area contributed by atoms with E-state index in [1.54, 1.807) is 0 Å². The van der Waals surface area contributed by atoms with Crippen LogP contribution in [0.5, 0.6) is 0 Å². The van der Waals surface area contributed by atoms with Crippen LogP contribution in [0.4, 0.5) is 0 Å². The molecule has 0 radical (unpaired) electrons. The van der Waals surface area contributed by atoms with E-state index in [-0.39, 0.29) is 0 Å². The molecular formula is C13H21N3. The number of pyridine rings is 1. The van der Waals surface area contributed by atoms with Gasteiger partial charge in [0.05, 0.1) is 0 Å². The van der Waals surface area contributed by atoms with Gasteiger partial charge in [-0.3, -0.25) is 16.3 Å². The van der Waals surface area contributed by atoms with Crippen LogP contribution < -0.4 is 11.3 Å². The summed E-state index contributed by atoms with van der Waals surface area (Å²) in [5.74, 6) is 6.52. The van der Waals surface area contributed by atoms with Crippen LogP contribution in [-0.4, -0.2) is 11.0 Å². The van der Waals surface area contributed by atoms with Gasteiger partial charge >= 0.3 is 0 Å². The maximum absolute atomic E-state index is 5.60. The molecule has 1 aromatic rings. The number of nitrogens with two attached hydrogens (primary N) is 1. The van der Waals surface area contributed by atoms with E-state index in [1.807, 2.05) is 12.4 Å². The summed E-state index contributed by atoms with van der Waals surface area (Å²) < 4.78 is 0. The quantitative estimate of drug-likeness (QED) is 0.568. The first-order valence-corrected chi connectivity index (χ1v) is 6.23. The Morgan fingerprint density at radius 2 is 2.12 bits per heavy atom. The summed E-state index contributed by atoms with van der Waals surface area (Å²) in [5, 5.41) is 0. The molecule has 1 fully saturated rings. The van der Waals surface area contributed by atoms with Crippen molar-refractivity contribution in [3.8, 4) is 0 Å². The van der Waals surface area contributed by atoms with Gasteiger partial charge in [-0.05, 0) is 42.9 Å². The third-order valence-electron chi connectivity index (χ3n) is 3.61. The Bertz CT molecular complexity index is 295. The van der Waals surface area contributed by atoms with Crippen molar-refractivity contribution in [1.82, 2.24) is 10.4 Å². The fraction of sp³-hybridized carbons (Fsp3) is 0.615. The van der Waals surface area contributed by atoms with Gasteiger partial charge in [0.15, 0.2) is 0 Å². The summed E-state index contributed by atoms with van der Waals surface area (Å²) >= 11 is 0. The number of aryl methyl sites for hydroxylation is 1. The molecule has 1 unspecified atom stereocenters. The second-order valence-corrected chi connectivity index (χ2v) is 4.79. The second-order valence-electron chi connectivity index (χ2n) is 4.79. The van der Waals surface area contributed by atoms with E-state index in [2.05, 4.69) is 22.5 Å². The third kappa shape index (κ3) is 3.29. The van der Waals surface area contributed by atoms with Crippen LogP contribution in [0.3, 0.4) is 0 Å². The summed E-state index contributed by atoms with van der Waals surface area (Å²) in [6.45, 7) is 0. The Hall–Kier alpha value is -0.930. The van der Waals surface area contributed by atoms with Crippen LogP contribution in [0.15, 0.2) is 24.5 Å². The maximum atomic E-state index is 5.60.